The van der Waals surface area contributed by atoms with Gasteiger partial charge in [-0.05, 0) is 18.4 Å². The van der Waals surface area contributed by atoms with Gasteiger partial charge in [-0.2, -0.15) is 0 Å². The molecule has 1 aliphatic rings. The number of nitrogens with one attached hydrogen (secondary N) is 1. The van der Waals surface area contributed by atoms with Crippen LogP contribution in [-0.2, 0) is 0 Å². The highest BCUT2D eigenvalue weighted by atomic mass is 15.0. The first kappa shape index (κ1) is 12.4. The topological polar surface area (TPSA) is 54.7 Å². The summed E-state index contributed by atoms with van der Waals surface area (Å²) in [5.41, 5.74) is 8.63. The molecule has 3 N–H and O–H groups in total. The van der Waals surface area contributed by atoms with Gasteiger partial charge in [-0.3, -0.25) is 0 Å². The fourth-order valence-corrected chi connectivity index (χ4v) is 2.95. The summed E-state index contributed by atoms with van der Waals surface area (Å²) in [5.74, 6) is 1.53. The van der Waals surface area contributed by atoms with E-state index < -0.39 is 0 Å². The van der Waals surface area contributed by atoms with Crippen molar-refractivity contribution in [1.82, 2.24) is 9.97 Å². The zero-order valence-corrected chi connectivity index (χ0v) is 11.2. The number of rotatable bonds is 3. The maximum Gasteiger partial charge on any atom is 0.127 e. The Hall–Kier alpha value is -1.61. The third-order valence-electron chi connectivity index (χ3n) is 4.11. The lowest BCUT2D eigenvalue weighted by molar-refractivity contribution is 0.437. The molecule has 0 aliphatic heterocycles. The Balaban J connectivity index is 1.77. The molecule has 100 valence electrons. The molecule has 1 aromatic carbocycles. The fourth-order valence-electron chi connectivity index (χ4n) is 2.95. The van der Waals surface area contributed by atoms with Gasteiger partial charge in [-0.25, -0.2) is 4.98 Å². The highest BCUT2D eigenvalue weighted by molar-refractivity contribution is 5.25. The third kappa shape index (κ3) is 2.71. The van der Waals surface area contributed by atoms with Crippen molar-refractivity contribution in [3.63, 3.8) is 0 Å². The maximum atomic E-state index is 6.27. The van der Waals surface area contributed by atoms with E-state index in [1.165, 1.54) is 37.8 Å². The van der Waals surface area contributed by atoms with E-state index in [-0.39, 0.29) is 6.04 Å². The molecule has 1 heterocycles. The average Bonchev–Trinajstić information content (AvgIpc) is 2.98. The summed E-state index contributed by atoms with van der Waals surface area (Å²) < 4.78 is 0. The zero-order valence-electron chi connectivity index (χ0n) is 11.2. The first-order valence-electron chi connectivity index (χ1n) is 7.20. The molecular weight excluding hydrogens is 234 g/mol. The molecule has 0 amide bonds. The quantitative estimate of drug-likeness (QED) is 0.881. The number of aromatic nitrogens is 2. The van der Waals surface area contributed by atoms with Gasteiger partial charge in [-0.1, -0.05) is 49.6 Å². The van der Waals surface area contributed by atoms with Crippen molar-refractivity contribution >= 4 is 0 Å². The summed E-state index contributed by atoms with van der Waals surface area (Å²) in [5, 5.41) is 0. The van der Waals surface area contributed by atoms with Gasteiger partial charge >= 0.3 is 0 Å². The summed E-state index contributed by atoms with van der Waals surface area (Å²) in [4.78, 5) is 7.93. The molecule has 3 heteroatoms. The lowest BCUT2D eigenvalue weighted by atomic mass is 9.87. The third-order valence-corrected chi connectivity index (χ3v) is 4.11. The van der Waals surface area contributed by atoms with Crippen LogP contribution in [-0.4, -0.2) is 9.97 Å². The Kier molecular flexibility index (Phi) is 3.65. The molecule has 1 aromatic heterocycles. The number of benzene rings is 1. The van der Waals surface area contributed by atoms with Gasteiger partial charge in [0.15, 0.2) is 0 Å². The van der Waals surface area contributed by atoms with E-state index in [2.05, 4.69) is 9.97 Å². The number of H-pyrrole nitrogens is 1. The van der Waals surface area contributed by atoms with Crippen molar-refractivity contribution < 1.29 is 0 Å². The van der Waals surface area contributed by atoms with E-state index in [1.54, 1.807) is 0 Å². The number of nitrogens with two attached hydrogens (primary N) is 1. The largest absolute Gasteiger partial charge is 0.344 e. The van der Waals surface area contributed by atoms with Gasteiger partial charge in [0.1, 0.15) is 5.82 Å². The number of imidazole rings is 1. The highest BCUT2D eigenvalue weighted by Gasteiger charge is 2.19. The molecule has 1 fully saturated rings. The minimum absolute atomic E-state index is 0.154. The second-order valence-electron chi connectivity index (χ2n) is 5.45. The van der Waals surface area contributed by atoms with Crippen LogP contribution in [0, 0.1) is 0 Å². The van der Waals surface area contributed by atoms with Crippen LogP contribution in [0.25, 0.3) is 0 Å². The van der Waals surface area contributed by atoms with Gasteiger partial charge in [0.05, 0.1) is 6.04 Å². The number of aromatic amines is 1. The van der Waals surface area contributed by atoms with Crippen LogP contribution in [0.4, 0.5) is 0 Å². The highest BCUT2D eigenvalue weighted by Crippen LogP contribution is 2.32. The Labute approximate surface area is 114 Å². The van der Waals surface area contributed by atoms with Crippen molar-refractivity contribution in [3.8, 4) is 0 Å². The van der Waals surface area contributed by atoms with Crippen LogP contribution in [0.1, 0.15) is 61.1 Å². The smallest absolute Gasteiger partial charge is 0.127 e. The van der Waals surface area contributed by atoms with Crippen LogP contribution in [0.3, 0.4) is 0 Å². The van der Waals surface area contributed by atoms with Gasteiger partial charge in [-0.15, -0.1) is 0 Å². The van der Waals surface area contributed by atoms with Crippen molar-refractivity contribution in [2.45, 2.75) is 44.1 Å². The van der Waals surface area contributed by atoms with Crippen LogP contribution in [0.15, 0.2) is 36.5 Å². The molecule has 1 atom stereocenters. The molecule has 1 aliphatic carbocycles. The van der Waals surface area contributed by atoms with E-state index in [9.17, 15) is 0 Å². The molecular formula is C16H21N3. The number of hydrogen-bond acceptors (Lipinski definition) is 2. The molecule has 3 rings (SSSR count). The maximum absolute atomic E-state index is 6.27. The summed E-state index contributed by atoms with van der Waals surface area (Å²) in [6.45, 7) is 0. The van der Waals surface area contributed by atoms with Crippen LogP contribution < -0.4 is 5.73 Å². The second-order valence-corrected chi connectivity index (χ2v) is 5.45. The van der Waals surface area contributed by atoms with Crippen LogP contribution in [0.2, 0.25) is 0 Å². The van der Waals surface area contributed by atoms with E-state index in [4.69, 9.17) is 5.73 Å². The van der Waals surface area contributed by atoms with Crippen molar-refractivity contribution in [3.05, 3.63) is 53.6 Å². The van der Waals surface area contributed by atoms with Gasteiger partial charge in [0.25, 0.3) is 0 Å². The van der Waals surface area contributed by atoms with E-state index in [1.807, 2.05) is 36.5 Å². The van der Waals surface area contributed by atoms with Gasteiger partial charge in [0, 0.05) is 17.8 Å². The standard InChI is InChI=1S/C16H21N3/c17-15(13-9-5-2-6-10-13)16-18-11-14(19-16)12-7-3-1-4-8-12/h2,5-6,9-12,15H,1,3-4,7-8,17H2,(H,18,19). The Morgan fingerprint density at radius 3 is 2.58 bits per heavy atom. The number of nitrogens with zero attached hydrogens (tertiary/aromatic N) is 1. The molecule has 1 unspecified atom stereocenters. The van der Waals surface area contributed by atoms with Crippen molar-refractivity contribution in [1.29, 1.82) is 0 Å². The molecule has 3 nitrogen and oxygen atoms in total. The zero-order chi connectivity index (χ0) is 13.1. The van der Waals surface area contributed by atoms with Crippen LogP contribution in [0.5, 0.6) is 0 Å². The van der Waals surface area contributed by atoms with Gasteiger partial charge in [0.2, 0.25) is 0 Å². The predicted molar refractivity (Wildman–Crippen MR) is 76.9 cm³/mol. The molecule has 0 radical (unpaired) electrons. The molecule has 0 saturated heterocycles. The Bertz CT molecular complexity index is 512. The van der Waals surface area contributed by atoms with E-state index in [0.717, 1.165) is 11.4 Å². The lowest BCUT2D eigenvalue weighted by Crippen LogP contribution is -2.13. The van der Waals surface area contributed by atoms with E-state index in [0.29, 0.717) is 5.92 Å². The summed E-state index contributed by atoms with van der Waals surface area (Å²) in [6.07, 6.45) is 8.59. The SMILES string of the molecule is NC(c1ccccc1)c1ncc(C2CCCCC2)[nH]1. The normalized spacial score (nSPS) is 18.4. The molecule has 1 saturated carbocycles. The fraction of sp³-hybridized carbons (Fsp3) is 0.438. The second kappa shape index (κ2) is 5.57. The minimum atomic E-state index is -0.154. The average molecular weight is 255 g/mol. The van der Waals surface area contributed by atoms with Crippen LogP contribution >= 0.6 is 0 Å². The predicted octanol–water partition coefficient (Wildman–Crippen LogP) is 3.51. The molecule has 19 heavy (non-hydrogen) atoms. The Morgan fingerprint density at radius 2 is 1.84 bits per heavy atom. The molecule has 2 aromatic rings. The summed E-state index contributed by atoms with van der Waals surface area (Å²) in [6, 6.07) is 9.98. The minimum Gasteiger partial charge on any atom is -0.344 e. The molecule has 0 spiro atoms. The molecule has 0 bridgehead atoms. The first-order valence-corrected chi connectivity index (χ1v) is 7.20. The first-order chi connectivity index (χ1) is 9.34. The van der Waals surface area contributed by atoms with Crippen molar-refractivity contribution in [2.75, 3.05) is 0 Å². The van der Waals surface area contributed by atoms with Crippen molar-refractivity contribution in [2.24, 2.45) is 5.73 Å². The summed E-state index contributed by atoms with van der Waals surface area (Å²) >= 11 is 0. The van der Waals surface area contributed by atoms with Gasteiger partial charge < -0.3 is 10.7 Å². The van der Waals surface area contributed by atoms with E-state index >= 15 is 0 Å². The monoisotopic (exact) mass is 255 g/mol. The Morgan fingerprint density at radius 1 is 1.11 bits per heavy atom. The number of hydrogen-bond donors (Lipinski definition) is 2. The summed E-state index contributed by atoms with van der Waals surface area (Å²) in [7, 11) is 0. The lowest BCUT2D eigenvalue weighted by Gasteiger charge is -2.20.